The molecule has 0 aliphatic heterocycles. The Kier molecular flexibility index (Phi) is 5.49. The second kappa shape index (κ2) is 7.38. The first-order valence-corrected chi connectivity index (χ1v) is 12.4. The Morgan fingerprint density at radius 2 is 1.33 bits per heavy atom. The Balaban J connectivity index is 1.91. The normalized spacial score (nSPS) is 22.8. The van der Waals surface area contributed by atoms with Gasteiger partial charge in [0, 0.05) is 29.4 Å². The van der Waals surface area contributed by atoms with Crippen LogP contribution >= 0.6 is 0 Å². The predicted molar refractivity (Wildman–Crippen MR) is 112 cm³/mol. The molecule has 0 fully saturated rings. The van der Waals surface area contributed by atoms with Crippen LogP contribution in [0.2, 0.25) is 16.6 Å². The first kappa shape index (κ1) is 20.1. The Hall–Kier alpha value is -1.68. The van der Waals surface area contributed by atoms with Crippen LogP contribution in [0.25, 0.3) is 0 Å². The summed E-state index contributed by atoms with van der Waals surface area (Å²) in [5, 5.41) is 0. The lowest BCUT2D eigenvalue weighted by molar-refractivity contribution is 0.0709. The van der Waals surface area contributed by atoms with Crippen LogP contribution < -0.4 is 0 Å². The quantitative estimate of drug-likeness (QED) is 0.570. The van der Waals surface area contributed by atoms with Gasteiger partial charge in [0.2, 0.25) is 0 Å². The zero-order chi connectivity index (χ0) is 19.9. The van der Waals surface area contributed by atoms with E-state index < -0.39 is 8.32 Å². The van der Waals surface area contributed by atoms with E-state index >= 15 is 0 Å². The van der Waals surface area contributed by atoms with Crippen molar-refractivity contribution >= 4 is 19.9 Å². The topological polar surface area (TPSA) is 43.4 Å². The van der Waals surface area contributed by atoms with Gasteiger partial charge in [0.1, 0.15) is 0 Å². The molecule has 0 aromatic heterocycles. The number of benzene rings is 1. The van der Waals surface area contributed by atoms with Crippen molar-refractivity contribution in [3.63, 3.8) is 0 Å². The molecule has 3 rings (SSSR count). The molecule has 0 saturated heterocycles. The van der Waals surface area contributed by atoms with E-state index in [-0.39, 0.29) is 23.4 Å². The zero-order valence-corrected chi connectivity index (χ0v) is 18.4. The highest BCUT2D eigenvalue weighted by molar-refractivity contribution is 6.77. The minimum Gasteiger partial charge on any atom is -0.546 e. The number of fused-ring (bicyclic) bond motifs is 2. The van der Waals surface area contributed by atoms with E-state index in [4.69, 9.17) is 4.43 Å². The van der Waals surface area contributed by atoms with Crippen molar-refractivity contribution in [3.05, 3.63) is 47.2 Å². The van der Waals surface area contributed by atoms with E-state index in [1.807, 2.05) is 12.1 Å². The number of carbonyl (C=O) groups is 2. The Morgan fingerprint density at radius 3 is 1.81 bits per heavy atom. The summed E-state index contributed by atoms with van der Waals surface area (Å²) in [6, 6.07) is 7.26. The average molecular weight is 385 g/mol. The van der Waals surface area contributed by atoms with Crippen LogP contribution in [-0.2, 0) is 4.43 Å². The number of Topliss-reactive ketones (excluding diaryl/α,β-unsaturated/α-hetero) is 2. The molecule has 4 heteroatoms. The molecule has 1 aromatic rings. The molecule has 0 radical (unpaired) electrons. The second-order valence-electron chi connectivity index (χ2n) is 9.02. The van der Waals surface area contributed by atoms with Crippen molar-refractivity contribution in [1.82, 2.24) is 0 Å². The summed E-state index contributed by atoms with van der Waals surface area (Å²) in [6.07, 6.45) is 3.26. The molecule has 0 heterocycles. The van der Waals surface area contributed by atoms with Crippen molar-refractivity contribution in [2.75, 3.05) is 0 Å². The third-order valence-electron chi connectivity index (χ3n) is 6.65. The largest absolute Gasteiger partial charge is 0.546 e. The molecule has 0 amide bonds. The first-order valence-electron chi connectivity index (χ1n) is 10.3. The molecule has 0 spiro atoms. The number of allylic oxidation sites excluding steroid dienone is 2. The van der Waals surface area contributed by atoms with E-state index in [9.17, 15) is 9.59 Å². The summed E-state index contributed by atoms with van der Waals surface area (Å²) in [7, 11) is -2.05. The van der Waals surface area contributed by atoms with E-state index in [1.165, 1.54) is 0 Å². The maximum absolute atomic E-state index is 13.1. The van der Waals surface area contributed by atoms with Crippen LogP contribution in [0, 0.1) is 11.8 Å². The van der Waals surface area contributed by atoms with Crippen LogP contribution in [0.15, 0.2) is 36.1 Å². The smallest absolute Gasteiger partial charge is 0.258 e. The number of carbonyl (C=O) groups excluding carboxylic acids is 2. The molecule has 0 saturated carbocycles. The van der Waals surface area contributed by atoms with E-state index in [2.05, 4.69) is 47.6 Å². The van der Waals surface area contributed by atoms with Gasteiger partial charge in [0.05, 0.1) is 5.76 Å². The van der Waals surface area contributed by atoms with E-state index in [0.29, 0.717) is 40.6 Å². The molecule has 0 bridgehead atoms. The van der Waals surface area contributed by atoms with Crippen LogP contribution in [0.1, 0.15) is 75.1 Å². The summed E-state index contributed by atoms with van der Waals surface area (Å²) in [5.74, 6) is 0.666. The minimum atomic E-state index is -2.05. The molecule has 2 atom stereocenters. The van der Waals surface area contributed by atoms with Gasteiger partial charge in [0.25, 0.3) is 8.32 Å². The SMILES string of the molecule is CC(C)[Si](OC1=CC[C@@H]2C(=O)c3ccccc3C(=O)[C@@H]2C1)(C(C)C)C(C)C. The van der Waals surface area contributed by atoms with Gasteiger partial charge in [-0.15, -0.1) is 0 Å². The summed E-state index contributed by atoms with van der Waals surface area (Å²) in [6.45, 7) is 13.6. The van der Waals surface area contributed by atoms with Gasteiger partial charge in [-0.05, 0) is 29.1 Å². The van der Waals surface area contributed by atoms with Gasteiger partial charge in [-0.3, -0.25) is 9.59 Å². The van der Waals surface area contributed by atoms with Crippen LogP contribution in [-0.4, -0.2) is 19.9 Å². The number of hydrogen-bond acceptors (Lipinski definition) is 3. The summed E-state index contributed by atoms with van der Waals surface area (Å²) in [5.41, 5.74) is 2.64. The predicted octanol–water partition coefficient (Wildman–Crippen LogP) is 6.17. The molecule has 1 aromatic carbocycles. The maximum atomic E-state index is 13.1. The molecule has 3 nitrogen and oxygen atoms in total. The summed E-state index contributed by atoms with van der Waals surface area (Å²) in [4.78, 5) is 26.0. The number of ketones is 2. The monoisotopic (exact) mass is 384 g/mol. The molecular weight excluding hydrogens is 352 g/mol. The average Bonchev–Trinajstić information content (AvgIpc) is 2.63. The maximum Gasteiger partial charge on any atom is 0.258 e. The summed E-state index contributed by atoms with van der Waals surface area (Å²) >= 11 is 0. The molecule has 146 valence electrons. The Bertz CT molecular complexity index is 754. The summed E-state index contributed by atoms with van der Waals surface area (Å²) < 4.78 is 6.82. The van der Waals surface area contributed by atoms with Crippen molar-refractivity contribution in [3.8, 4) is 0 Å². The fourth-order valence-corrected chi connectivity index (χ4v) is 10.7. The van der Waals surface area contributed by atoms with Crippen molar-refractivity contribution in [2.24, 2.45) is 11.8 Å². The first-order chi connectivity index (χ1) is 12.7. The molecule has 2 aliphatic rings. The highest BCUT2D eigenvalue weighted by atomic mass is 28.4. The standard InChI is InChI=1S/C23H32O3Si/c1-14(2)27(15(3)4,16(5)6)26-17-11-12-20-21(13-17)23(25)19-10-8-7-9-18(19)22(20)24/h7-11,14-16,20-21H,12-13H2,1-6H3/t20-,21+/m0/s1. The number of hydrogen-bond donors (Lipinski definition) is 0. The van der Waals surface area contributed by atoms with Crippen LogP contribution in [0.5, 0.6) is 0 Å². The van der Waals surface area contributed by atoms with Gasteiger partial charge in [-0.2, -0.15) is 0 Å². The third kappa shape index (κ3) is 3.22. The van der Waals surface area contributed by atoms with Crippen molar-refractivity contribution < 1.29 is 14.0 Å². The third-order valence-corrected chi connectivity index (χ3v) is 12.7. The van der Waals surface area contributed by atoms with Crippen LogP contribution in [0.4, 0.5) is 0 Å². The lowest BCUT2D eigenvalue weighted by Crippen LogP contribution is -2.48. The van der Waals surface area contributed by atoms with Gasteiger partial charge >= 0.3 is 0 Å². The molecule has 2 aliphatic carbocycles. The van der Waals surface area contributed by atoms with Crippen molar-refractivity contribution in [2.45, 2.75) is 71.0 Å². The molecule has 27 heavy (non-hydrogen) atoms. The fraction of sp³-hybridized carbons (Fsp3) is 0.565. The molecule has 0 N–H and O–H groups in total. The highest BCUT2D eigenvalue weighted by Crippen LogP contribution is 2.46. The fourth-order valence-electron chi connectivity index (χ4n) is 5.41. The highest BCUT2D eigenvalue weighted by Gasteiger charge is 2.49. The minimum absolute atomic E-state index is 0.107. The lowest BCUT2D eigenvalue weighted by atomic mass is 9.69. The van der Waals surface area contributed by atoms with Gasteiger partial charge in [-0.1, -0.05) is 65.8 Å². The zero-order valence-electron chi connectivity index (χ0n) is 17.4. The van der Waals surface area contributed by atoms with E-state index in [1.54, 1.807) is 12.1 Å². The van der Waals surface area contributed by atoms with Gasteiger partial charge < -0.3 is 4.43 Å². The number of rotatable bonds is 5. The van der Waals surface area contributed by atoms with E-state index in [0.717, 1.165) is 5.76 Å². The Labute approximate surface area is 164 Å². The second-order valence-corrected chi connectivity index (χ2v) is 14.4. The molecular formula is C23H32O3Si. The van der Waals surface area contributed by atoms with Gasteiger partial charge in [-0.25, -0.2) is 0 Å². The Morgan fingerprint density at radius 1 is 0.852 bits per heavy atom. The van der Waals surface area contributed by atoms with Crippen LogP contribution in [0.3, 0.4) is 0 Å². The van der Waals surface area contributed by atoms with Crippen molar-refractivity contribution in [1.29, 1.82) is 0 Å². The lowest BCUT2D eigenvalue weighted by Gasteiger charge is -2.44. The molecule has 0 unspecified atom stereocenters. The van der Waals surface area contributed by atoms with Gasteiger partial charge in [0.15, 0.2) is 11.6 Å².